The molecule has 0 bridgehead atoms. The van der Waals surface area contributed by atoms with E-state index in [0.29, 0.717) is 35.2 Å². The van der Waals surface area contributed by atoms with Gasteiger partial charge in [0.1, 0.15) is 10.5 Å². The van der Waals surface area contributed by atoms with Gasteiger partial charge in [0.2, 0.25) is 0 Å². The SMILES string of the molecule is Cc1c(C(=O)N2CCC[C@@H](C(=O)O)C2)sc2nc(C(F)(F)F)ccc12. The minimum Gasteiger partial charge on any atom is -0.481 e. The van der Waals surface area contributed by atoms with E-state index in [2.05, 4.69) is 4.98 Å². The second kappa shape index (κ2) is 6.29. The van der Waals surface area contributed by atoms with E-state index in [-0.39, 0.29) is 17.3 Å². The van der Waals surface area contributed by atoms with Gasteiger partial charge in [-0.2, -0.15) is 13.2 Å². The van der Waals surface area contributed by atoms with Crippen molar-refractivity contribution in [3.05, 3.63) is 28.3 Å². The van der Waals surface area contributed by atoms with Gasteiger partial charge in [0.05, 0.1) is 10.8 Å². The molecule has 1 aliphatic rings. The summed E-state index contributed by atoms with van der Waals surface area (Å²) in [7, 11) is 0. The van der Waals surface area contributed by atoms with Crippen LogP contribution in [0.5, 0.6) is 0 Å². The van der Waals surface area contributed by atoms with Crippen molar-refractivity contribution in [1.29, 1.82) is 0 Å². The molecule has 2 aromatic rings. The summed E-state index contributed by atoms with van der Waals surface area (Å²) >= 11 is 0.916. The molecule has 1 N–H and O–H groups in total. The maximum absolute atomic E-state index is 12.8. The van der Waals surface area contributed by atoms with Crippen molar-refractivity contribution in [2.45, 2.75) is 25.9 Å². The van der Waals surface area contributed by atoms with Crippen molar-refractivity contribution in [2.75, 3.05) is 13.1 Å². The number of hydrogen-bond donors (Lipinski definition) is 1. The summed E-state index contributed by atoms with van der Waals surface area (Å²) in [4.78, 5) is 29.4. The van der Waals surface area contributed by atoms with Gasteiger partial charge in [-0.25, -0.2) is 4.98 Å². The summed E-state index contributed by atoms with van der Waals surface area (Å²) in [6.45, 7) is 2.22. The summed E-state index contributed by atoms with van der Waals surface area (Å²) in [6.07, 6.45) is -3.44. The minimum absolute atomic E-state index is 0.114. The number of thiophene rings is 1. The highest BCUT2D eigenvalue weighted by atomic mass is 32.1. The number of carboxylic acid groups (broad SMARTS) is 1. The summed E-state index contributed by atoms with van der Waals surface area (Å²) < 4.78 is 38.4. The molecule has 0 radical (unpaired) electrons. The lowest BCUT2D eigenvalue weighted by Crippen LogP contribution is -2.42. The highest BCUT2D eigenvalue weighted by Gasteiger charge is 2.34. The van der Waals surface area contributed by atoms with E-state index in [4.69, 9.17) is 5.11 Å². The number of fused-ring (bicyclic) bond motifs is 1. The van der Waals surface area contributed by atoms with E-state index in [1.54, 1.807) is 6.92 Å². The first kappa shape index (κ1) is 17.7. The van der Waals surface area contributed by atoms with Crippen molar-refractivity contribution in [1.82, 2.24) is 9.88 Å². The van der Waals surface area contributed by atoms with Gasteiger partial charge in [0.25, 0.3) is 5.91 Å². The number of amides is 1. The molecule has 5 nitrogen and oxygen atoms in total. The Balaban J connectivity index is 1.94. The van der Waals surface area contributed by atoms with Gasteiger partial charge < -0.3 is 10.0 Å². The van der Waals surface area contributed by atoms with Crippen LogP contribution in [0.2, 0.25) is 0 Å². The molecule has 9 heteroatoms. The third kappa shape index (κ3) is 3.33. The number of rotatable bonds is 2. The molecular weight excluding hydrogens is 357 g/mol. The van der Waals surface area contributed by atoms with Crippen molar-refractivity contribution < 1.29 is 27.9 Å². The largest absolute Gasteiger partial charge is 0.481 e. The van der Waals surface area contributed by atoms with E-state index >= 15 is 0 Å². The molecule has 1 aliphatic heterocycles. The third-order valence-electron chi connectivity index (χ3n) is 4.35. The lowest BCUT2D eigenvalue weighted by molar-refractivity contribution is -0.143. The van der Waals surface area contributed by atoms with Crippen LogP contribution in [-0.4, -0.2) is 40.0 Å². The molecule has 0 saturated carbocycles. The van der Waals surface area contributed by atoms with E-state index in [1.165, 1.54) is 11.0 Å². The fourth-order valence-electron chi connectivity index (χ4n) is 2.97. The number of aliphatic carboxylic acids is 1. The molecular formula is C16H15F3N2O3S. The fraction of sp³-hybridized carbons (Fsp3) is 0.438. The van der Waals surface area contributed by atoms with Crippen molar-refractivity contribution in [3.8, 4) is 0 Å². The summed E-state index contributed by atoms with van der Waals surface area (Å²) in [5, 5.41) is 9.64. The Hall–Kier alpha value is -2.16. The number of hydrogen-bond acceptors (Lipinski definition) is 4. The van der Waals surface area contributed by atoms with E-state index < -0.39 is 23.8 Å². The second-order valence-corrected chi connectivity index (χ2v) is 7.03. The zero-order chi connectivity index (χ0) is 18.4. The van der Waals surface area contributed by atoms with Gasteiger partial charge in [-0.15, -0.1) is 11.3 Å². The summed E-state index contributed by atoms with van der Waals surface area (Å²) in [5.41, 5.74) is -0.423. The Kier molecular flexibility index (Phi) is 4.44. The maximum Gasteiger partial charge on any atom is 0.433 e. The highest BCUT2D eigenvalue weighted by Crippen LogP contribution is 2.35. The predicted octanol–water partition coefficient (Wildman–Crippen LogP) is 3.56. The molecule has 25 heavy (non-hydrogen) atoms. The molecule has 0 aromatic carbocycles. The second-order valence-electron chi connectivity index (χ2n) is 6.03. The van der Waals surface area contributed by atoms with Crippen LogP contribution < -0.4 is 0 Å². The van der Waals surface area contributed by atoms with Crippen molar-refractivity contribution in [3.63, 3.8) is 0 Å². The number of carboxylic acids is 1. The molecule has 0 spiro atoms. The lowest BCUT2D eigenvalue weighted by Gasteiger charge is -2.30. The van der Waals surface area contributed by atoms with Crippen LogP contribution in [0.25, 0.3) is 10.2 Å². The van der Waals surface area contributed by atoms with Crippen LogP contribution in [0.1, 0.15) is 33.8 Å². The number of aromatic nitrogens is 1. The first-order valence-corrected chi connectivity index (χ1v) is 8.49. The third-order valence-corrected chi connectivity index (χ3v) is 5.54. The molecule has 1 amide bonds. The summed E-state index contributed by atoms with van der Waals surface area (Å²) in [6, 6.07) is 2.22. The zero-order valence-electron chi connectivity index (χ0n) is 13.3. The molecule has 0 unspecified atom stereocenters. The number of pyridine rings is 1. The number of aryl methyl sites for hydroxylation is 1. The Bertz CT molecular complexity index is 847. The molecule has 134 valence electrons. The average Bonchev–Trinajstić information content (AvgIpc) is 2.90. The predicted molar refractivity (Wildman–Crippen MR) is 85.6 cm³/mol. The van der Waals surface area contributed by atoms with Gasteiger partial charge in [0.15, 0.2) is 0 Å². The average molecular weight is 372 g/mol. The smallest absolute Gasteiger partial charge is 0.433 e. The number of carbonyl (C=O) groups excluding carboxylic acids is 1. The van der Waals surface area contributed by atoms with Crippen LogP contribution in [0.15, 0.2) is 12.1 Å². The summed E-state index contributed by atoms with van der Waals surface area (Å²) in [5.74, 6) is -1.90. The van der Waals surface area contributed by atoms with Crippen LogP contribution in [0.4, 0.5) is 13.2 Å². The maximum atomic E-state index is 12.8. The molecule has 1 fully saturated rings. The van der Waals surface area contributed by atoms with Crippen LogP contribution in [-0.2, 0) is 11.0 Å². The number of alkyl halides is 3. The van der Waals surface area contributed by atoms with E-state index in [1.807, 2.05) is 0 Å². The van der Waals surface area contributed by atoms with E-state index in [9.17, 15) is 22.8 Å². The lowest BCUT2D eigenvalue weighted by atomic mass is 9.98. The highest BCUT2D eigenvalue weighted by molar-refractivity contribution is 7.20. The number of carbonyl (C=O) groups is 2. The van der Waals surface area contributed by atoms with Crippen LogP contribution >= 0.6 is 11.3 Å². The van der Waals surface area contributed by atoms with Gasteiger partial charge in [-0.3, -0.25) is 9.59 Å². The Labute approximate surface area is 145 Å². The van der Waals surface area contributed by atoms with Crippen LogP contribution in [0, 0.1) is 12.8 Å². The molecule has 1 saturated heterocycles. The standard InChI is InChI=1S/C16H15F3N2O3S/c1-8-10-4-5-11(16(17,18)19)20-13(10)25-12(8)14(22)21-6-2-3-9(7-21)15(23)24/h4-5,9H,2-3,6-7H2,1H3,(H,23,24)/t9-/m1/s1. The Morgan fingerprint density at radius 1 is 1.36 bits per heavy atom. The van der Waals surface area contributed by atoms with Gasteiger partial charge in [-0.1, -0.05) is 0 Å². The normalized spacial score (nSPS) is 18.6. The van der Waals surface area contributed by atoms with Crippen molar-refractivity contribution in [2.24, 2.45) is 5.92 Å². The monoisotopic (exact) mass is 372 g/mol. The number of piperidine rings is 1. The zero-order valence-corrected chi connectivity index (χ0v) is 14.1. The molecule has 0 aliphatic carbocycles. The number of likely N-dealkylation sites (tertiary alicyclic amines) is 1. The first-order valence-electron chi connectivity index (χ1n) is 7.68. The minimum atomic E-state index is -4.54. The Morgan fingerprint density at radius 2 is 2.08 bits per heavy atom. The van der Waals surface area contributed by atoms with Crippen LogP contribution in [0.3, 0.4) is 0 Å². The topological polar surface area (TPSA) is 70.5 Å². The molecule has 3 rings (SSSR count). The van der Waals surface area contributed by atoms with Gasteiger partial charge in [0, 0.05) is 18.5 Å². The quantitative estimate of drug-likeness (QED) is 0.875. The molecule has 3 heterocycles. The molecule has 2 aromatic heterocycles. The van der Waals surface area contributed by atoms with Gasteiger partial charge in [-0.05, 0) is 37.5 Å². The first-order chi connectivity index (χ1) is 11.7. The number of nitrogens with zero attached hydrogens (tertiary/aromatic N) is 2. The van der Waals surface area contributed by atoms with E-state index in [0.717, 1.165) is 17.4 Å². The fourth-order valence-corrected chi connectivity index (χ4v) is 4.12. The van der Waals surface area contributed by atoms with Gasteiger partial charge >= 0.3 is 12.1 Å². The number of halogens is 3. The van der Waals surface area contributed by atoms with Crippen molar-refractivity contribution >= 4 is 33.4 Å². The Morgan fingerprint density at radius 3 is 2.72 bits per heavy atom. The molecule has 1 atom stereocenters.